The van der Waals surface area contributed by atoms with Crippen molar-refractivity contribution in [2.24, 2.45) is 22.7 Å². The molecule has 0 spiro atoms. The van der Waals surface area contributed by atoms with E-state index >= 15 is 0 Å². The number of para-hydroxylation sites is 1. The molecule has 2 aromatic rings. The quantitative estimate of drug-likeness (QED) is 0.529. The highest BCUT2D eigenvalue weighted by molar-refractivity contribution is 5.76. The number of aliphatic hydroxyl groups excluding tert-OH is 1. The van der Waals surface area contributed by atoms with Crippen LogP contribution in [-0.2, 0) is 20.8 Å². The number of carbonyl (C=O) groups is 1. The molecule has 5 rings (SSSR count). The van der Waals surface area contributed by atoms with Crippen molar-refractivity contribution in [3.8, 4) is 5.75 Å². The minimum Gasteiger partial charge on any atom is -0.488 e. The number of carbonyl (C=O) groups excluding carboxylic acids is 1. The minimum atomic E-state index is -0.678. The molecule has 3 aliphatic rings. The van der Waals surface area contributed by atoms with Gasteiger partial charge in [0.05, 0.1) is 18.8 Å². The van der Waals surface area contributed by atoms with E-state index < -0.39 is 24.0 Å². The molecule has 1 amide bonds. The largest absolute Gasteiger partial charge is 0.488 e. The minimum absolute atomic E-state index is 0.00583. The van der Waals surface area contributed by atoms with E-state index in [-0.39, 0.29) is 47.6 Å². The zero-order valence-electron chi connectivity index (χ0n) is 22.0. The summed E-state index contributed by atoms with van der Waals surface area (Å²) in [5, 5.41) is 13.8. The lowest BCUT2D eigenvalue weighted by Crippen LogP contribution is -2.63. The number of halogens is 2. The number of nitrogens with one attached hydrogen (secondary N) is 1. The number of fused-ring (bicyclic) bond motifs is 3. The Morgan fingerprint density at radius 1 is 1.08 bits per heavy atom. The standard InChI is InChI=1S/C30H37F2NO5/c1-29-11-10-26-30(2,18-37-28(38-26)17-36-22-6-4-3-5-7-22)25(29)9-8-24(34)23(29)15-27(35)33-16-19-12-20(31)14-21(32)13-19/h3-7,12-14,23-26,28,34H,8-11,15-18H2,1-2H3,(H,33,35)/t23-,24-,25?,26-,28-,29+,30+/m1/s1. The summed E-state index contributed by atoms with van der Waals surface area (Å²) in [6.45, 7) is 5.27. The van der Waals surface area contributed by atoms with Crippen LogP contribution in [0.2, 0.25) is 0 Å². The molecular weight excluding hydrogens is 492 g/mol. The van der Waals surface area contributed by atoms with Gasteiger partial charge in [0.2, 0.25) is 5.91 Å². The number of amides is 1. The summed E-state index contributed by atoms with van der Waals surface area (Å²) in [6.07, 6.45) is 2.20. The molecule has 8 heteroatoms. The Kier molecular flexibility index (Phi) is 7.76. The number of rotatable bonds is 7. The average molecular weight is 530 g/mol. The monoisotopic (exact) mass is 529 g/mol. The summed E-state index contributed by atoms with van der Waals surface area (Å²) in [7, 11) is 0. The fourth-order valence-corrected chi connectivity index (χ4v) is 7.24. The van der Waals surface area contributed by atoms with Crippen LogP contribution in [0.15, 0.2) is 48.5 Å². The van der Waals surface area contributed by atoms with Gasteiger partial charge in [-0.2, -0.15) is 0 Å². The molecule has 2 N–H and O–H groups in total. The third-order valence-electron chi connectivity index (χ3n) is 9.18. The van der Waals surface area contributed by atoms with Crippen molar-refractivity contribution >= 4 is 5.91 Å². The van der Waals surface area contributed by atoms with Gasteiger partial charge in [0.1, 0.15) is 24.0 Å². The molecule has 0 bridgehead atoms. The van der Waals surface area contributed by atoms with E-state index in [2.05, 4.69) is 19.2 Å². The fraction of sp³-hybridized carbons (Fsp3) is 0.567. The maximum Gasteiger partial charge on any atom is 0.220 e. The molecule has 1 unspecified atom stereocenters. The first-order valence-corrected chi connectivity index (χ1v) is 13.5. The maximum atomic E-state index is 13.5. The Hall–Kier alpha value is -2.55. The number of hydrogen-bond donors (Lipinski definition) is 2. The van der Waals surface area contributed by atoms with E-state index in [1.807, 2.05) is 30.3 Å². The van der Waals surface area contributed by atoms with Crippen LogP contribution in [0, 0.1) is 34.3 Å². The van der Waals surface area contributed by atoms with Gasteiger partial charge in [0, 0.05) is 24.4 Å². The van der Waals surface area contributed by atoms with Gasteiger partial charge in [-0.15, -0.1) is 0 Å². The third kappa shape index (κ3) is 5.44. The van der Waals surface area contributed by atoms with Gasteiger partial charge >= 0.3 is 0 Å². The molecule has 6 nitrogen and oxygen atoms in total. The lowest BCUT2D eigenvalue weighted by atomic mass is 9.46. The molecule has 2 aromatic carbocycles. The van der Waals surface area contributed by atoms with Crippen molar-refractivity contribution in [1.29, 1.82) is 0 Å². The topological polar surface area (TPSA) is 77.0 Å². The predicted octanol–water partition coefficient (Wildman–Crippen LogP) is 4.99. The molecule has 2 aliphatic carbocycles. The van der Waals surface area contributed by atoms with Crippen LogP contribution in [0.5, 0.6) is 5.75 Å². The molecule has 1 saturated heterocycles. The van der Waals surface area contributed by atoms with Gasteiger partial charge in [-0.1, -0.05) is 32.0 Å². The lowest BCUT2D eigenvalue weighted by molar-refractivity contribution is -0.313. The van der Waals surface area contributed by atoms with Crippen LogP contribution in [0.1, 0.15) is 51.5 Å². The fourth-order valence-electron chi connectivity index (χ4n) is 7.24. The van der Waals surface area contributed by atoms with Gasteiger partial charge in [-0.3, -0.25) is 4.79 Å². The number of hydrogen-bond acceptors (Lipinski definition) is 5. The van der Waals surface area contributed by atoms with E-state index in [1.54, 1.807) is 0 Å². The second-order valence-corrected chi connectivity index (χ2v) is 11.6. The second kappa shape index (κ2) is 10.9. The zero-order valence-corrected chi connectivity index (χ0v) is 22.0. The molecule has 0 radical (unpaired) electrons. The summed E-state index contributed by atoms with van der Waals surface area (Å²) in [5.41, 5.74) is -0.158. The van der Waals surface area contributed by atoms with Crippen LogP contribution in [0.25, 0.3) is 0 Å². The summed E-state index contributed by atoms with van der Waals surface area (Å²) in [4.78, 5) is 12.9. The molecule has 3 fully saturated rings. The zero-order chi connectivity index (χ0) is 26.9. The van der Waals surface area contributed by atoms with Crippen LogP contribution in [0.3, 0.4) is 0 Å². The molecule has 0 aromatic heterocycles. The van der Waals surface area contributed by atoms with Crippen LogP contribution in [-0.4, -0.2) is 42.7 Å². The van der Waals surface area contributed by atoms with Crippen molar-refractivity contribution in [2.75, 3.05) is 13.2 Å². The van der Waals surface area contributed by atoms with Gasteiger partial charge in [-0.25, -0.2) is 8.78 Å². The van der Waals surface area contributed by atoms with Crippen molar-refractivity contribution in [2.45, 2.75) is 71.0 Å². The van der Waals surface area contributed by atoms with Crippen LogP contribution >= 0.6 is 0 Å². The highest BCUT2D eigenvalue weighted by atomic mass is 19.1. The van der Waals surface area contributed by atoms with E-state index in [9.17, 15) is 18.7 Å². The SMILES string of the molecule is C[C@@]12CO[C@@H](COc3ccccc3)O[C@@H]1CC[C@]1(C)C2CC[C@@H](O)[C@H]1CC(=O)NCc1cc(F)cc(F)c1. The highest BCUT2D eigenvalue weighted by Gasteiger charge is 2.61. The summed E-state index contributed by atoms with van der Waals surface area (Å²) in [5.74, 6) is -0.840. The van der Waals surface area contributed by atoms with Crippen molar-refractivity contribution in [3.05, 3.63) is 65.7 Å². The molecule has 206 valence electrons. The predicted molar refractivity (Wildman–Crippen MR) is 137 cm³/mol. The van der Waals surface area contributed by atoms with E-state index in [1.165, 1.54) is 12.1 Å². The van der Waals surface area contributed by atoms with Crippen molar-refractivity contribution < 1.29 is 32.9 Å². The smallest absolute Gasteiger partial charge is 0.220 e. The Morgan fingerprint density at radius 3 is 2.55 bits per heavy atom. The van der Waals surface area contributed by atoms with Gasteiger partial charge in [0.15, 0.2) is 6.29 Å². The van der Waals surface area contributed by atoms with Crippen molar-refractivity contribution in [3.63, 3.8) is 0 Å². The summed E-state index contributed by atoms with van der Waals surface area (Å²) >= 11 is 0. The van der Waals surface area contributed by atoms with Crippen LogP contribution < -0.4 is 10.1 Å². The Bertz CT molecular complexity index is 1110. The first-order chi connectivity index (χ1) is 18.2. The molecule has 1 aliphatic heterocycles. The van der Waals surface area contributed by atoms with Crippen LogP contribution in [0.4, 0.5) is 8.78 Å². The number of aliphatic hydroxyl groups is 1. The summed E-state index contributed by atoms with van der Waals surface area (Å²) < 4.78 is 45.5. The van der Waals surface area contributed by atoms with Gasteiger partial charge in [0.25, 0.3) is 0 Å². The third-order valence-corrected chi connectivity index (χ3v) is 9.18. The first kappa shape index (κ1) is 27.0. The van der Waals surface area contributed by atoms with Crippen molar-refractivity contribution in [1.82, 2.24) is 5.32 Å². The second-order valence-electron chi connectivity index (χ2n) is 11.6. The first-order valence-electron chi connectivity index (χ1n) is 13.5. The molecule has 2 saturated carbocycles. The molecule has 7 atom stereocenters. The van der Waals surface area contributed by atoms with E-state index in [0.29, 0.717) is 25.2 Å². The molecule has 1 heterocycles. The molecular formula is C30H37F2NO5. The van der Waals surface area contributed by atoms with E-state index in [0.717, 1.165) is 31.1 Å². The average Bonchev–Trinajstić information content (AvgIpc) is 2.88. The number of benzene rings is 2. The summed E-state index contributed by atoms with van der Waals surface area (Å²) in [6, 6.07) is 12.8. The van der Waals surface area contributed by atoms with Gasteiger partial charge < -0.3 is 24.6 Å². The lowest BCUT2D eigenvalue weighted by Gasteiger charge is -2.62. The van der Waals surface area contributed by atoms with E-state index in [4.69, 9.17) is 14.2 Å². The molecule has 38 heavy (non-hydrogen) atoms. The maximum absolute atomic E-state index is 13.5. The highest BCUT2D eigenvalue weighted by Crippen LogP contribution is 2.62. The number of ether oxygens (including phenoxy) is 3. The normalized spacial score (nSPS) is 34.6. The Morgan fingerprint density at radius 2 is 1.82 bits per heavy atom. The Labute approximate surface area is 222 Å². The Balaban J connectivity index is 1.22. The van der Waals surface area contributed by atoms with Gasteiger partial charge in [-0.05, 0) is 72.8 Å².